The Labute approximate surface area is 208 Å². The molecule has 34 heavy (non-hydrogen) atoms. The number of hydrogen-bond donors (Lipinski definition) is 2. The first-order valence-electron chi connectivity index (χ1n) is 14.9. The molecule has 0 bridgehead atoms. The predicted molar refractivity (Wildman–Crippen MR) is 137 cm³/mol. The lowest BCUT2D eigenvalue weighted by Gasteiger charge is -2.70. The first-order chi connectivity index (χ1) is 16.3. The van der Waals surface area contributed by atoms with Crippen LogP contribution in [-0.4, -0.2) is 95.0 Å². The molecular weight excluding hydrogens is 422 g/mol. The van der Waals surface area contributed by atoms with Gasteiger partial charge < -0.3 is 15.1 Å². The van der Waals surface area contributed by atoms with Gasteiger partial charge in [0.05, 0.1) is 11.7 Å². The zero-order valence-electron chi connectivity index (χ0n) is 22.2. The molecule has 4 unspecified atom stereocenters. The van der Waals surface area contributed by atoms with Gasteiger partial charge in [-0.05, 0) is 108 Å². The van der Waals surface area contributed by atoms with Crippen LogP contribution in [0.1, 0.15) is 84.5 Å². The molecule has 9 atom stereocenters. The summed E-state index contributed by atoms with van der Waals surface area (Å²) in [5.41, 5.74) is -0.543. The van der Waals surface area contributed by atoms with Crippen molar-refractivity contribution in [1.82, 2.24) is 14.7 Å². The minimum absolute atomic E-state index is 0.0472. The largest absolute Gasteiger partial charge is 0.393 e. The van der Waals surface area contributed by atoms with E-state index in [2.05, 4.69) is 35.6 Å². The fourth-order valence-corrected chi connectivity index (χ4v) is 10.7. The Bertz CT molecular complexity index is 750. The van der Waals surface area contributed by atoms with Gasteiger partial charge in [-0.15, -0.1) is 0 Å². The molecule has 0 spiro atoms. The predicted octanol–water partition coefficient (Wildman–Crippen LogP) is 3.59. The second-order valence-electron chi connectivity index (χ2n) is 13.8. The lowest BCUT2D eigenvalue weighted by atomic mass is 9.41. The Kier molecular flexibility index (Phi) is 6.17. The molecule has 6 rings (SSSR count). The van der Waals surface area contributed by atoms with Crippen LogP contribution in [0.15, 0.2) is 0 Å². The molecule has 0 radical (unpaired) electrons. The molecule has 0 amide bonds. The van der Waals surface area contributed by atoms with E-state index in [9.17, 15) is 10.2 Å². The third-order valence-corrected chi connectivity index (χ3v) is 12.7. The van der Waals surface area contributed by atoms with Gasteiger partial charge in [-0.25, -0.2) is 0 Å². The molecule has 4 saturated carbocycles. The van der Waals surface area contributed by atoms with Crippen molar-refractivity contribution in [2.75, 3.05) is 46.3 Å². The lowest BCUT2D eigenvalue weighted by Crippen LogP contribution is -2.76. The SMILES string of the molecule is CN1CCN(C2C[C@@H]3[C@@H](CC[C@]4(C)C(O)CC[C@@H]34)[C@@]3(C)C(N4CCCCC4)CCCC23O)CC1. The standard InChI is InChI=1S/C29H51N3O2/c1-27-13-11-23-21(22(27)9-10-26(27)33)20-25(32-18-16-30(3)17-19-32)29(34)12-7-8-24(28(23,29)2)31-14-5-4-6-15-31/h21-26,33-34H,4-20H2,1-3H3/t21-,22-,23+,24?,25?,26?,27-,28-,29?/m0/s1. The maximum absolute atomic E-state index is 13.0. The monoisotopic (exact) mass is 473 g/mol. The summed E-state index contributed by atoms with van der Waals surface area (Å²) in [6.07, 6.45) is 13.0. The third-order valence-electron chi connectivity index (χ3n) is 12.7. The Morgan fingerprint density at radius 2 is 1.41 bits per heavy atom. The smallest absolute Gasteiger partial charge is 0.0873 e. The minimum Gasteiger partial charge on any atom is -0.393 e. The van der Waals surface area contributed by atoms with E-state index in [-0.39, 0.29) is 23.0 Å². The molecule has 2 aliphatic heterocycles. The molecule has 5 nitrogen and oxygen atoms in total. The molecule has 6 aliphatic rings. The van der Waals surface area contributed by atoms with Crippen LogP contribution in [0.5, 0.6) is 0 Å². The summed E-state index contributed by atoms with van der Waals surface area (Å²) in [6, 6.07) is 0.796. The number of hydrogen-bond acceptors (Lipinski definition) is 5. The highest BCUT2D eigenvalue weighted by molar-refractivity contribution is 5.21. The number of rotatable bonds is 2. The second-order valence-corrected chi connectivity index (χ2v) is 13.8. The first kappa shape index (κ1) is 24.2. The molecule has 0 aromatic heterocycles. The van der Waals surface area contributed by atoms with Crippen LogP contribution in [0, 0.1) is 28.6 Å². The van der Waals surface area contributed by atoms with Gasteiger partial charge >= 0.3 is 0 Å². The number of likely N-dealkylation sites (N-methyl/N-ethyl adjacent to an activating group) is 1. The topological polar surface area (TPSA) is 50.2 Å². The summed E-state index contributed by atoms with van der Waals surface area (Å²) in [7, 11) is 2.24. The van der Waals surface area contributed by atoms with Gasteiger partial charge in [0.2, 0.25) is 0 Å². The van der Waals surface area contributed by atoms with E-state index in [1.165, 1.54) is 58.0 Å². The zero-order valence-corrected chi connectivity index (χ0v) is 22.2. The molecule has 5 heteroatoms. The van der Waals surface area contributed by atoms with Gasteiger partial charge in [0, 0.05) is 43.7 Å². The van der Waals surface area contributed by atoms with Crippen molar-refractivity contribution in [3.05, 3.63) is 0 Å². The van der Waals surface area contributed by atoms with Gasteiger partial charge in [0.1, 0.15) is 0 Å². The van der Waals surface area contributed by atoms with Crippen LogP contribution in [0.3, 0.4) is 0 Å². The van der Waals surface area contributed by atoms with Crippen molar-refractivity contribution in [2.24, 2.45) is 28.6 Å². The molecular formula is C29H51N3O2. The maximum Gasteiger partial charge on any atom is 0.0873 e. The van der Waals surface area contributed by atoms with E-state index in [1.54, 1.807) is 0 Å². The number of piperidine rings is 1. The maximum atomic E-state index is 13.0. The van der Waals surface area contributed by atoms with Crippen molar-refractivity contribution < 1.29 is 10.2 Å². The van der Waals surface area contributed by atoms with Crippen LogP contribution in [0.25, 0.3) is 0 Å². The van der Waals surface area contributed by atoms with E-state index in [4.69, 9.17) is 0 Å². The zero-order chi connectivity index (χ0) is 23.7. The van der Waals surface area contributed by atoms with Crippen LogP contribution in [0.2, 0.25) is 0 Å². The Hall–Kier alpha value is -0.200. The molecule has 2 saturated heterocycles. The quantitative estimate of drug-likeness (QED) is 0.642. The molecule has 2 heterocycles. The van der Waals surface area contributed by atoms with Crippen LogP contribution in [0.4, 0.5) is 0 Å². The van der Waals surface area contributed by atoms with Crippen molar-refractivity contribution in [2.45, 2.75) is 108 Å². The van der Waals surface area contributed by atoms with E-state index >= 15 is 0 Å². The van der Waals surface area contributed by atoms with Gasteiger partial charge in [0.25, 0.3) is 0 Å². The summed E-state index contributed by atoms with van der Waals surface area (Å²) in [6.45, 7) is 11.8. The number of likely N-dealkylation sites (tertiary alicyclic amines) is 1. The minimum atomic E-state index is -0.588. The molecule has 0 aromatic rings. The van der Waals surface area contributed by atoms with Crippen molar-refractivity contribution in [1.29, 1.82) is 0 Å². The molecule has 6 fully saturated rings. The highest BCUT2D eigenvalue weighted by Crippen LogP contribution is 2.68. The molecule has 0 aromatic carbocycles. The van der Waals surface area contributed by atoms with Crippen LogP contribution < -0.4 is 0 Å². The summed E-state index contributed by atoms with van der Waals surface area (Å²) in [5, 5.41) is 24.0. The Balaban J connectivity index is 1.42. The van der Waals surface area contributed by atoms with Crippen molar-refractivity contribution in [3.8, 4) is 0 Å². The molecule has 2 N–H and O–H groups in total. The average molecular weight is 474 g/mol. The van der Waals surface area contributed by atoms with Gasteiger partial charge in [-0.1, -0.05) is 20.3 Å². The van der Waals surface area contributed by atoms with Crippen molar-refractivity contribution >= 4 is 0 Å². The van der Waals surface area contributed by atoms with Crippen LogP contribution >= 0.6 is 0 Å². The summed E-state index contributed by atoms with van der Waals surface area (Å²) in [4.78, 5) is 7.99. The van der Waals surface area contributed by atoms with Gasteiger partial charge in [-0.3, -0.25) is 9.80 Å². The number of fused-ring (bicyclic) bond motifs is 5. The Morgan fingerprint density at radius 1 is 0.706 bits per heavy atom. The number of aliphatic hydroxyl groups excluding tert-OH is 1. The molecule has 194 valence electrons. The molecule has 4 aliphatic carbocycles. The number of nitrogens with zero attached hydrogens (tertiary/aromatic N) is 3. The Morgan fingerprint density at radius 3 is 2.15 bits per heavy atom. The summed E-state index contributed by atoms with van der Waals surface area (Å²) in [5.74, 6) is 1.87. The summed E-state index contributed by atoms with van der Waals surface area (Å²) >= 11 is 0. The highest BCUT2D eigenvalue weighted by Gasteiger charge is 2.70. The van der Waals surface area contributed by atoms with Gasteiger partial charge in [0.15, 0.2) is 0 Å². The lowest BCUT2D eigenvalue weighted by molar-refractivity contribution is -0.263. The number of aliphatic hydroxyl groups is 2. The third kappa shape index (κ3) is 3.36. The normalized spacial score (nSPS) is 53.2. The number of piperazine rings is 1. The fourth-order valence-electron chi connectivity index (χ4n) is 10.7. The van der Waals surface area contributed by atoms with Gasteiger partial charge in [-0.2, -0.15) is 0 Å². The van der Waals surface area contributed by atoms with E-state index < -0.39 is 5.60 Å². The highest BCUT2D eigenvalue weighted by atomic mass is 16.3. The van der Waals surface area contributed by atoms with Crippen LogP contribution in [-0.2, 0) is 0 Å². The van der Waals surface area contributed by atoms with E-state index in [0.717, 1.165) is 51.9 Å². The van der Waals surface area contributed by atoms with E-state index in [0.29, 0.717) is 23.8 Å². The fraction of sp³-hybridized carbons (Fsp3) is 1.00. The van der Waals surface area contributed by atoms with E-state index in [1.807, 2.05) is 0 Å². The van der Waals surface area contributed by atoms with Crippen molar-refractivity contribution in [3.63, 3.8) is 0 Å². The summed E-state index contributed by atoms with van der Waals surface area (Å²) < 4.78 is 0. The second kappa shape index (κ2) is 8.68. The average Bonchev–Trinajstić information content (AvgIpc) is 3.14. The first-order valence-corrected chi connectivity index (χ1v) is 14.9.